The highest BCUT2D eigenvalue weighted by Crippen LogP contribution is 2.32. The molecule has 0 unspecified atom stereocenters. The normalized spacial score (nSPS) is 22.1. The molecule has 0 aromatic rings. The van der Waals surface area contributed by atoms with Crippen LogP contribution in [0.4, 0.5) is 0 Å². The van der Waals surface area contributed by atoms with Crippen molar-refractivity contribution in [2.24, 2.45) is 11.1 Å². The highest BCUT2D eigenvalue weighted by Gasteiger charge is 2.31. The molecule has 1 aliphatic heterocycles. The maximum absolute atomic E-state index is 10.9. The van der Waals surface area contributed by atoms with Gasteiger partial charge in [-0.3, -0.25) is 0 Å². The first-order valence-corrected chi connectivity index (χ1v) is 4.57. The Labute approximate surface area is 73.3 Å². The van der Waals surface area contributed by atoms with E-state index < -0.39 is 0 Å². The van der Waals surface area contributed by atoms with Crippen molar-refractivity contribution in [3.05, 3.63) is 0 Å². The SMILES string of the molecule is NCCCC1(C=O)CCOCC1. The molecule has 0 saturated carbocycles. The van der Waals surface area contributed by atoms with Gasteiger partial charge in [0.2, 0.25) is 0 Å². The van der Waals surface area contributed by atoms with Gasteiger partial charge in [0.25, 0.3) is 0 Å². The van der Waals surface area contributed by atoms with Crippen molar-refractivity contribution in [1.82, 2.24) is 0 Å². The summed E-state index contributed by atoms with van der Waals surface area (Å²) in [5, 5.41) is 0. The Hall–Kier alpha value is -0.410. The molecule has 0 aliphatic carbocycles. The molecule has 3 nitrogen and oxygen atoms in total. The third-order valence-electron chi connectivity index (χ3n) is 2.62. The van der Waals surface area contributed by atoms with Crippen LogP contribution in [-0.2, 0) is 9.53 Å². The smallest absolute Gasteiger partial charge is 0.126 e. The van der Waals surface area contributed by atoms with Crippen molar-refractivity contribution in [1.29, 1.82) is 0 Å². The summed E-state index contributed by atoms with van der Waals surface area (Å²) >= 11 is 0. The average Bonchev–Trinajstić information content (AvgIpc) is 2.16. The fraction of sp³-hybridized carbons (Fsp3) is 0.889. The Balaban J connectivity index is 2.42. The van der Waals surface area contributed by atoms with Gasteiger partial charge in [-0.05, 0) is 32.2 Å². The van der Waals surface area contributed by atoms with Crippen LogP contribution in [-0.4, -0.2) is 26.0 Å². The molecule has 2 N–H and O–H groups in total. The van der Waals surface area contributed by atoms with Gasteiger partial charge >= 0.3 is 0 Å². The fourth-order valence-corrected chi connectivity index (χ4v) is 1.66. The van der Waals surface area contributed by atoms with Crippen molar-refractivity contribution in [2.45, 2.75) is 25.7 Å². The molecule has 3 heteroatoms. The van der Waals surface area contributed by atoms with Gasteiger partial charge in [0.15, 0.2) is 0 Å². The summed E-state index contributed by atoms with van der Waals surface area (Å²) in [6.45, 7) is 2.13. The molecule has 1 aliphatic rings. The second-order valence-electron chi connectivity index (χ2n) is 3.48. The van der Waals surface area contributed by atoms with Gasteiger partial charge in [-0.15, -0.1) is 0 Å². The number of nitrogens with two attached hydrogens (primary N) is 1. The van der Waals surface area contributed by atoms with Gasteiger partial charge in [0.1, 0.15) is 6.29 Å². The number of carbonyl (C=O) groups excluding carboxylic acids is 1. The lowest BCUT2D eigenvalue weighted by Crippen LogP contribution is -2.31. The lowest BCUT2D eigenvalue weighted by atomic mass is 9.78. The first-order valence-electron chi connectivity index (χ1n) is 4.57. The van der Waals surface area contributed by atoms with Crippen LogP contribution in [0.25, 0.3) is 0 Å². The third kappa shape index (κ3) is 2.29. The quantitative estimate of drug-likeness (QED) is 0.634. The van der Waals surface area contributed by atoms with Crippen LogP contribution < -0.4 is 5.73 Å². The van der Waals surface area contributed by atoms with Crippen molar-refractivity contribution < 1.29 is 9.53 Å². The summed E-state index contributed by atoms with van der Waals surface area (Å²) in [4.78, 5) is 10.9. The van der Waals surface area contributed by atoms with E-state index in [9.17, 15) is 4.79 Å². The Morgan fingerprint density at radius 1 is 1.42 bits per heavy atom. The molecule has 1 fully saturated rings. The maximum atomic E-state index is 10.9. The molecule has 0 aromatic heterocycles. The molecular weight excluding hydrogens is 154 g/mol. The molecule has 0 spiro atoms. The van der Waals surface area contributed by atoms with E-state index in [2.05, 4.69) is 0 Å². The average molecular weight is 171 g/mol. The summed E-state index contributed by atoms with van der Waals surface area (Å²) in [6, 6.07) is 0. The van der Waals surface area contributed by atoms with Crippen LogP contribution >= 0.6 is 0 Å². The minimum atomic E-state index is -0.113. The third-order valence-corrected chi connectivity index (χ3v) is 2.62. The van der Waals surface area contributed by atoms with E-state index in [1.165, 1.54) is 0 Å². The van der Waals surface area contributed by atoms with E-state index in [0.717, 1.165) is 45.2 Å². The topological polar surface area (TPSA) is 52.3 Å². The molecule has 1 saturated heterocycles. The van der Waals surface area contributed by atoms with Gasteiger partial charge in [0.05, 0.1) is 0 Å². The zero-order valence-corrected chi connectivity index (χ0v) is 7.42. The molecule has 0 radical (unpaired) electrons. The van der Waals surface area contributed by atoms with Gasteiger partial charge < -0.3 is 15.3 Å². The van der Waals surface area contributed by atoms with E-state index in [0.29, 0.717) is 6.54 Å². The lowest BCUT2D eigenvalue weighted by Gasteiger charge is -2.31. The highest BCUT2D eigenvalue weighted by molar-refractivity contribution is 5.59. The van der Waals surface area contributed by atoms with Crippen molar-refractivity contribution in [2.75, 3.05) is 19.8 Å². The number of ether oxygens (including phenoxy) is 1. The van der Waals surface area contributed by atoms with Gasteiger partial charge in [0, 0.05) is 18.6 Å². The van der Waals surface area contributed by atoms with Crippen LogP contribution in [0.5, 0.6) is 0 Å². The summed E-state index contributed by atoms with van der Waals surface area (Å²) in [5.41, 5.74) is 5.30. The highest BCUT2D eigenvalue weighted by atomic mass is 16.5. The molecule has 0 bridgehead atoms. The lowest BCUT2D eigenvalue weighted by molar-refractivity contribution is -0.121. The van der Waals surface area contributed by atoms with Crippen LogP contribution in [0.15, 0.2) is 0 Å². The Bertz CT molecular complexity index is 141. The molecular formula is C9H17NO2. The molecule has 0 amide bonds. The summed E-state index contributed by atoms with van der Waals surface area (Å²) in [6.07, 6.45) is 4.72. The standard InChI is InChI=1S/C9H17NO2/c10-5-1-2-9(8-11)3-6-12-7-4-9/h8H,1-7,10H2. The largest absolute Gasteiger partial charge is 0.381 e. The predicted molar refractivity (Wildman–Crippen MR) is 46.8 cm³/mol. The molecule has 0 atom stereocenters. The number of hydrogen-bond acceptors (Lipinski definition) is 3. The summed E-state index contributed by atoms with van der Waals surface area (Å²) in [7, 11) is 0. The zero-order chi connectivity index (χ0) is 8.86. The minimum Gasteiger partial charge on any atom is -0.381 e. The number of aldehydes is 1. The van der Waals surface area contributed by atoms with Crippen LogP contribution in [0.1, 0.15) is 25.7 Å². The number of carbonyl (C=O) groups is 1. The van der Waals surface area contributed by atoms with Crippen molar-refractivity contribution in [3.63, 3.8) is 0 Å². The van der Waals surface area contributed by atoms with Crippen LogP contribution in [0.2, 0.25) is 0 Å². The minimum absolute atomic E-state index is 0.113. The van der Waals surface area contributed by atoms with Gasteiger partial charge in [-0.25, -0.2) is 0 Å². The molecule has 1 rings (SSSR count). The number of rotatable bonds is 4. The Morgan fingerprint density at radius 2 is 2.08 bits per heavy atom. The second kappa shape index (κ2) is 4.58. The predicted octanol–water partition coefficient (Wildman–Crippen LogP) is 0.721. The zero-order valence-electron chi connectivity index (χ0n) is 7.42. The van der Waals surface area contributed by atoms with E-state index in [1.54, 1.807) is 0 Å². The first-order chi connectivity index (χ1) is 5.83. The van der Waals surface area contributed by atoms with Crippen molar-refractivity contribution >= 4 is 6.29 Å². The fourth-order valence-electron chi connectivity index (χ4n) is 1.66. The maximum Gasteiger partial charge on any atom is 0.126 e. The van der Waals surface area contributed by atoms with E-state index >= 15 is 0 Å². The van der Waals surface area contributed by atoms with Gasteiger partial charge in [-0.1, -0.05) is 0 Å². The molecule has 70 valence electrons. The van der Waals surface area contributed by atoms with Gasteiger partial charge in [-0.2, -0.15) is 0 Å². The monoisotopic (exact) mass is 171 g/mol. The Kier molecular flexibility index (Phi) is 3.69. The van der Waals surface area contributed by atoms with Crippen LogP contribution in [0.3, 0.4) is 0 Å². The van der Waals surface area contributed by atoms with E-state index in [-0.39, 0.29) is 5.41 Å². The van der Waals surface area contributed by atoms with E-state index in [4.69, 9.17) is 10.5 Å². The van der Waals surface area contributed by atoms with Crippen molar-refractivity contribution in [3.8, 4) is 0 Å². The van der Waals surface area contributed by atoms with Crippen LogP contribution in [0, 0.1) is 5.41 Å². The Morgan fingerprint density at radius 3 is 2.58 bits per heavy atom. The summed E-state index contributed by atoms with van der Waals surface area (Å²) < 4.78 is 5.22. The second-order valence-corrected chi connectivity index (χ2v) is 3.48. The number of hydrogen-bond donors (Lipinski definition) is 1. The molecule has 12 heavy (non-hydrogen) atoms. The molecule has 0 aromatic carbocycles. The molecule has 1 heterocycles. The van der Waals surface area contributed by atoms with E-state index in [1.807, 2.05) is 0 Å². The first kappa shape index (κ1) is 9.68. The summed E-state index contributed by atoms with van der Waals surface area (Å²) in [5.74, 6) is 0.